The molecule has 0 atom stereocenters. The number of aliphatic imine (C=N–C) groups is 1. The molecule has 2 aromatic rings. The van der Waals surface area contributed by atoms with Crippen LogP contribution in [0.4, 0.5) is 0 Å². The first-order valence-corrected chi connectivity index (χ1v) is 8.28. The lowest BCUT2D eigenvalue weighted by molar-refractivity contribution is 0.684. The Morgan fingerprint density at radius 3 is 2.86 bits per heavy atom. The van der Waals surface area contributed by atoms with E-state index < -0.39 is 0 Å². The Balaban J connectivity index is 1.49. The molecule has 1 aliphatic carbocycles. The molecule has 22 heavy (non-hydrogen) atoms. The van der Waals surface area contributed by atoms with Gasteiger partial charge in [-0.2, -0.15) is 0 Å². The fourth-order valence-corrected chi connectivity index (χ4v) is 2.91. The number of fused-ring (bicyclic) bond motifs is 1. The number of H-pyrrole nitrogens is 1. The molecule has 1 aromatic carbocycles. The first-order chi connectivity index (χ1) is 10.8. The van der Waals surface area contributed by atoms with Gasteiger partial charge in [0.2, 0.25) is 0 Å². The summed E-state index contributed by atoms with van der Waals surface area (Å²) in [6.45, 7) is 4.06. The summed E-state index contributed by atoms with van der Waals surface area (Å²) in [5.74, 6) is 1.87. The van der Waals surface area contributed by atoms with Crippen LogP contribution < -0.4 is 10.6 Å². The quantitative estimate of drug-likeness (QED) is 0.567. The molecule has 1 saturated carbocycles. The smallest absolute Gasteiger partial charge is 0.190 e. The van der Waals surface area contributed by atoms with E-state index >= 15 is 0 Å². The van der Waals surface area contributed by atoms with Crippen LogP contribution in [0.5, 0.6) is 0 Å². The topological polar surface area (TPSA) is 52.2 Å². The Morgan fingerprint density at radius 1 is 1.27 bits per heavy atom. The molecule has 4 nitrogen and oxygen atoms in total. The van der Waals surface area contributed by atoms with Crippen LogP contribution in [0.25, 0.3) is 10.9 Å². The third kappa shape index (κ3) is 3.62. The Bertz CT molecular complexity index is 652. The van der Waals surface area contributed by atoms with Crippen molar-refractivity contribution in [3.8, 4) is 0 Å². The summed E-state index contributed by atoms with van der Waals surface area (Å²) in [6.07, 6.45) is 7.21. The third-order valence-electron chi connectivity index (χ3n) is 4.46. The number of guanidine groups is 1. The van der Waals surface area contributed by atoms with Crippen LogP contribution in [0.15, 0.2) is 29.4 Å². The van der Waals surface area contributed by atoms with Crippen molar-refractivity contribution in [3.63, 3.8) is 0 Å². The van der Waals surface area contributed by atoms with Gasteiger partial charge in [0.1, 0.15) is 0 Å². The van der Waals surface area contributed by atoms with Crippen molar-refractivity contribution in [2.24, 2.45) is 10.9 Å². The van der Waals surface area contributed by atoms with Crippen LogP contribution >= 0.6 is 0 Å². The number of nitrogens with one attached hydrogen (secondary N) is 3. The monoisotopic (exact) mass is 298 g/mol. The molecule has 0 spiro atoms. The van der Waals surface area contributed by atoms with Crippen molar-refractivity contribution in [3.05, 3.63) is 35.5 Å². The van der Waals surface area contributed by atoms with Gasteiger partial charge in [-0.25, -0.2) is 0 Å². The van der Waals surface area contributed by atoms with E-state index in [0.29, 0.717) is 0 Å². The number of hydrogen-bond donors (Lipinski definition) is 3. The van der Waals surface area contributed by atoms with E-state index in [1.165, 1.54) is 41.3 Å². The summed E-state index contributed by atoms with van der Waals surface area (Å²) in [7, 11) is 1.83. The maximum absolute atomic E-state index is 4.29. The minimum Gasteiger partial charge on any atom is -0.361 e. The van der Waals surface area contributed by atoms with E-state index in [1.54, 1.807) is 0 Å². The van der Waals surface area contributed by atoms with Crippen LogP contribution in [-0.4, -0.2) is 31.1 Å². The zero-order chi connectivity index (χ0) is 15.4. The summed E-state index contributed by atoms with van der Waals surface area (Å²) < 4.78 is 0. The summed E-state index contributed by atoms with van der Waals surface area (Å²) in [5.41, 5.74) is 3.92. The predicted octanol–water partition coefficient (Wildman–Crippen LogP) is 2.98. The van der Waals surface area contributed by atoms with Crippen LogP contribution in [0, 0.1) is 12.8 Å². The standard InChI is InChI=1S/C18H26N4/c1-13-4-3-5-16-15(12-22-17(13)16)9-11-21-18(19-2)20-10-8-14-6-7-14/h3-5,12,14,22H,6-11H2,1-2H3,(H2,19,20,21). The number of aromatic amines is 1. The second kappa shape index (κ2) is 6.86. The van der Waals surface area contributed by atoms with Crippen molar-refractivity contribution >= 4 is 16.9 Å². The second-order valence-corrected chi connectivity index (χ2v) is 6.22. The lowest BCUT2D eigenvalue weighted by Crippen LogP contribution is -2.38. The van der Waals surface area contributed by atoms with Crippen LogP contribution in [0.2, 0.25) is 0 Å². The maximum atomic E-state index is 4.29. The number of nitrogens with zero attached hydrogens (tertiary/aromatic N) is 1. The van der Waals surface area contributed by atoms with Gasteiger partial charge in [-0.3, -0.25) is 4.99 Å². The van der Waals surface area contributed by atoms with E-state index in [9.17, 15) is 0 Å². The van der Waals surface area contributed by atoms with E-state index in [4.69, 9.17) is 0 Å². The molecule has 0 saturated heterocycles. The van der Waals surface area contributed by atoms with E-state index in [1.807, 2.05) is 7.05 Å². The van der Waals surface area contributed by atoms with E-state index in [2.05, 4.69) is 51.9 Å². The fourth-order valence-electron chi connectivity index (χ4n) is 2.91. The van der Waals surface area contributed by atoms with E-state index in [0.717, 1.165) is 31.4 Å². The Hall–Kier alpha value is -1.97. The molecule has 1 heterocycles. The Labute approximate surface area is 132 Å². The molecule has 0 aliphatic heterocycles. The molecule has 1 fully saturated rings. The zero-order valence-corrected chi connectivity index (χ0v) is 13.6. The molecule has 1 aromatic heterocycles. The summed E-state index contributed by atoms with van der Waals surface area (Å²) in [6, 6.07) is 6.46. The van der Waals surface area contributed by atoms with Gasteiger partial charge in [-0.05, 0) is 36.8 Å². The summed E-state index contributed by atoms with van der Waals surface area (Å²) in [5, 5.41) is 8.14. The highest BCUT2D eigenvalue weighted by atomic mass is 15.2. The number of rotatable bonds is 6. The normalized spacial score (nSPS) is 15.3. The highest BCUT2D eigenvalue weighted by Gasteiger charge is 2.20. The molecule has 0 amide bonds. The summed E-state index contributed by atoms with van der Waals surface area (Å²) in [4.78, 5) is 7.68. The van der Waals surface area contributed by atoms with Crippen molar-refractivity contribution in [1.29, 1.82) is 0 Å². The predicted molar refractivity (Wildman–Crippen MR) is 93.4 cm³/mol. The summed E-state index contributed by atoms with van der Waals surface area (Å²) >= 11 is 0. The average molecular weight is 298 g/mol. The van der Waals surface area contributed by atoms with Crippen LogP contribution in [0.1, 0.15) is 30.4 Å². The molecule has 1 aliphatic rings. The van der Waals surface area contributed by atoms with E-state index in [-0.39, 0.29) is 0 Å². The van der Waals surface area contributed by atoms with Gasteiger partial charge in [0.25, 0.3) is 0 Å². The number of aryl methyl sites for hydroxylation is 1. The molecule has 4 heteroatoms. The lowest BCUT2D eigenvalue weighted by Gasteiger charge is -2.11. The van der Waals surface area contributed by atoms with Gasteiger partial charge >= 0.3 is 0 Å². The molecular formula is C18H26N4. The molecule has 3 N–H and O–H groups in total. The number of aromatic nitrogens is 1. The Kier molecular flexibility index (Phi) is 4.66. The van der Waals surface area contributed by atoms with Gasteiger partial charge in [-0.1, -0.05) is 31.0 Å². The minimum absolute atomic E-state index is 0.893. The first-order valence-electron chi connectivity index (χ1n) is 8.28. The second-order valence-electron chi connectivity index (χ2n) is 6.22. The molecule has 0 bridgehead atoms. The van der Waals surface area contributed by atoms with Gasteiger partial charge in [0, 0.05) is 37.2 Å². The average Bonchev–Trinajstić information content (AvgIpc) is 3.25. The van der Waals surface area contributed by atoms with Crippen molar-refractivity contribution < 1.29 is 0 Å². The third-order valence-corrected chi connectivity index (χ3v) is 4.46. The Morgan fingerprint density at radius 2 is 2.09 bits per heavy atom. The van der Waals surface area contributed by atoms with Gasteiger partial charge in [-0.15, -0.1) is 0 Å². The lowest BCUT2D eigenvalue weighted by atomic mass is 10.1. The molecule has 0 unspecified atom stereocenters. The zero-order valence-electron chi connectivity index (χ0n) is 13.6. The van der Waals surface area contributed by atoms with Gasteiger partial charge < -0.3 is 15.6 Å². The molecular weight excluding hydrogens is 272 g/mol. The fraction of sp³-hybridized carbons (Fsp3) is 0.500. The van der Waals surface area contributed by atoms with Crippen molar-refractivity contribution in [1.82, 2.24) is 15.6 Å². The highest BCUT2D eigenvalue weighted by molar-refractivity contribution is 5.86. The van der Waals surface area contributed by atoms with Crippen molar-refractivity contribution in [2.75, 3.05) is 20.1 Å². The number of para-hydroxylation sites is 1. The van der Waals surface area contributed by atoms with Gasteiger partial charge in [0.05, 0.1) is 0 Å². The van der Waals surface area contributed by atoms with Crippen molar-refractivity contribution in [2.45, 2.75) is 32.6 Å². The largest absolute Gasteiger partial charge is 0.361 e. The highest BCUT2D eigenvalue weighted by Crippen LogP contribution is 2.31. The molecule has 0 radical (unpaired) electrons. The molecule has 3 rings (SSSR count). The SMILES string of the molecule is CN=C(NCCc1c[nH]c2c(C)cccc12)NCCC1CC1. The van der Waals surface area contributed by atoms with Crippen LogP contribution in [-0.2, 0) is 6.42 Å². The van der Waals surface area contributed by atoms with Gasteiger partial charge in [0.15, 0.2) is 5.96 Å². The number of hydrogen-bond acceptors (Lipinski definition) is 1. The first kappa shape index (κ1) is 14.9. The number of benzene rings is 1. The minimum atomic E-state index is 0.893. The molecule has 118 valence electrons. The van der Waals surface area contributed by atoms with Crippen LogP contribution in [0.3, 0.4) is 0 Å². The maximum Gasteiger partial charge on any atom is 0.190 e.